The van der Waals surface area contributed by atoms with E-state index in [1.54, 1.807) is 11.1 Å². The summed E-state index contributed by atoms with van der Waals surface area (Å²) >= 11 is 1.92. The van der Waals surface area contributed by atoms with Crippen LogP contribution in [0.5, 0.6) is 0 Å². The molecule has 120 valence electrons. The van der Waals surface area contributed by atoms with Gasteiger partial charge >= 0.3 is 0 Å². The molecule has 3 unspecified atom stereocenters. The molecule has 0 saturated carbocycles. The van der Waals surface area contributed by atoms with Crippen LogP contribution in [-0.4, -0.2) is 35.3 Å². The van der Waals surface area contributed by atoms with Crippen LogP contribution in [-0.2, 0) is 12.8 Å². The first-order valence-electron chi connectivity index (χ1n) is 8.60. The lowest BCUT2D eigenvalue weighted by atomic mass is 9.73. The topological polar surface area (TPSA) is 16.1 Å². The van der Waals surface area contributed by atoms with Crippen molar-refractivity contribution in [3.8, 4) is 0 Å². The van der Waals surface area contributed by atoms with Crippen molar-refractivity contribution in [3.63, 3.8) is 0 Å². The van der Waals surface area contributed by atoms with Crippen LogP contribution in [0.25, 0.3) is 0 Å². The highest BCUT2D eigenvalue weighted by molar-refractivity contribution is 7.99. The fourth-order valence-corrected chi connectivity index (χ4v) is 5.28. The van der Waals surface area contributed by atoms with E-state index >= 15 is 0 Å². The summed E-state index contributed by atoms with van der Waals surface area (Å²) in [6.45, 7) is 1.23. The SMILES string of the molecule is CN1CC(CSc2ccccn2)CC2Cc3ccccc3CC21. The first-order valence-corrected chi connectivity index (χ1v) is 9.59. The summed E-state index contributed by atoms with van der Waals surface area (Å²) in [5, 5.41) is 1.16. The van der Waals surface area contributed by atoms with Crippen LogP contribution in [0, 0.1) is 11.8 Å². The highest BCUT2D eigenvalue weighted by Gasteiger charge is 2.37. The highest BCUT2D eigenvalue weighted by Crippen LogP contribution is 2.37. The normalized spacial score (nSPS) is 27.3. The Bertz CT molecular complexity index is 658. The average Bonchev–Trinajstić information content (AvgIpc) is 2.59. The minimum atomic E-state index is 0.737. The lowest BCUT2D eigenvalue weighted by Gasteiger charge is -2.46. The van der Waals surface area contributed by atoms with Crippen LogP contribution >= 0.6 is 11.8 Å². The van der Waals surface area contributed by atoms with Gasteiger partial charge in [-0.3, -0.25) is 0 Å². The maximum absolute atomic E-state index is 4.44. The molecule has 0 N–H and O–H groups in total. The van der Waals surface area contributed by atoms with E-state index < -0.39 is 0 Å². The molecule has 0 radical (unpaired) electrons. The molecule has 1 saturated heterocycles. The number of hydrogen-bond donors (Lipinski definition) is 0. The van der Waals surface area contributed by atoms with Crippen molar-refractivity contribution in [3.05, 3.63) is 59.8 Å². The zero-order valence-corrected chi connectivity index (χ0v) is 14.5. The number of hydrogen-bond acceptors (Lipinski definition) is 3. The number of thioether (sulfide) groups is 1. The Morgan fingerprint density at radius 3 is 2.65 bits per heavy atom. The maximum atomic E-state index is 4.44. The largest absolute Gasteiger partial charge is 0.302 e. The number of pyridine rings is 1. The Hall–Kier alpha value is -1.32. The molecular weight excluding hydrogens is 300 g/mol. The Labute approximate surface area is 143 Å². The lowest BCUT2D eigenvalue weighted by molar-refractivity contribution is 0.0798. The quantitative estimate of drug-likeness (QED) is 0.796. The molecule has 1 fully saturated rings. The number of likely N-dealkylation sites (N-methyl/N-ethyl adjacent to an activating group) is 1. The van der Waals surface area contributed by atoms with Gasteiger partial charge in [-0.2, -0.15) is 0 Å². The highest BCUT2D eigenvalue weighted by atomic mass is 32.2. The van der Waals surface area contributed by atoms with Gasteiger partial charge in [0.1, 0.15) is 0 Å². The third kappa shape index (κ3) is 3.31. The van der Waals surface area contributed by atoms with Crippen molar-refractivity contribution < 1.29 is 0 Å². The fourth-order valence-electron chi connectivity index (χ4n) is 4.32. The van der Waals surface area contributed by atoms with E-state index in [1.165, 1.54) is 31.6 Å². The van der Waals surface area contributed by atoms with Crippen molar-refractivity contribution in [1.82, 2.24) is 9.88 Å². The van der Waals surface area contributed by atoms with Gasteiger partial charge in [-0.1, -0.05) is 30.3 Å². The second-order valence-corrected chi connectivity index (χ2v) is 8.06. The fraction of sp³-hybridized carbons (Fsp3) is 0.450. The summed E-state index contributed by atoms with van der Waals surface area (Å²) < 4.78 is 0. The molecule has 3 atom stereocenters. The summed E-state index contributed by atoms with van der Waals surface area (Å²) in [5.41, 5.74) is 3.15. The number of benzene rings is 1. The summed E-state index contributed by atoms with van der Waals surface area (Å²) in [6.07, 6.45) is 5.75. The molecule has 2 nitrogen and oxygen atoms in total. The molecule has 0 spiro atoms. The third-order valence-electron chi connectivity index (χ3n) is 5.43. The summed E-state index contributed by atoms with van der Waals surface area (Å²) in [5.74, 6) is 2.78. The van der Waals surface area contributed by atoms with E-state index in [0.717, 1.165) is 22.9 Å². The first kappa shape index (κ1) is 15.2. The number of likely N-dealkylation sites (tertiary alicyclic amines) is 1. The van der Waals surface area contributed by atoms with Gasteiger partial charge in [0.15, 0.2) is 0 Å². The molecule has 1 aliphatic carbocycles. The van der Waals surface area contributed by atoms with E-state index in [1.807, 2.05) is 24.0 Å². The molecular formula is C20H24N2S. The zero-order chi connectivity index (χ0) is 15.6. The Morgan fingerprint density at radius 1 is 1.09 bits per heavy atom. The van der Waals surface area contributed by atoms with Crippen molar-refractivity contribution in [2.45, 2.75) is 30.3 Å². The smallest absolute Gasteiger partial charge is 0.0959 e. The second-order valence-electron chi connectivity index (χ2n) is 7.02. The van der Waals surface area contributed by atoms with Gasteiger partial charge in [0, 0.05) is 24.5 Å². The van der Waals surface area contributed by atoms with Crippen molar-refractivity contribution in [2.24, 2.45) is 11.8 Å². The monoisotopic (exact) mass is 324 g/mol. The molecule has 0 amide bonds. The van der Waals surface area contributed by atoms with Gasteiger partial charge in [0.05, 0.1) is 5.03 Å². The van der Waals surface area contributed by atoms with Gasteiger partial charge in [0.2, 0.25) is 0 Å². The van der Waals surface area contributed by atoms with Crippen molar-refractivity contribution >= 4 is 11.8 Å². The summed E-state index contributed by atoms with van der Waals surface area (Å²) in [7, 11) is 2.32. The van der Waals surface area contributed by atoms with Gasteiger partial charge in [-0.15, -0.1) is 11.8 Å². The van der Waals surface area contributed by atoms with E-state index in [2.05, 4.69) is 53.3 Å². The second kappa shape index (κ2) is 6.66. The van der Waals surface area contributed by atoms with E-state index in [4.69, 9.17) is 0 Å². The van der Waals surface area contributed by atoms with Gasteiger partial charge < -0.3 is 4.90 Å². The minimum absolute atomic E-state index is 0.737. The predicted octanol–water partition coefficient (Wildman–Crippen LogP) is 3.91. The number of rotatable bonds is 3. The van der Waals surface area contributed by atoms with E-state index in [0.29, 0.717) is 0 Å². The minimum Gasteiger partial charge on any atom is -0.302 e. The number of nitrogens with zero attached hydrogens (tertiary/aromatic N) is 2. The Balaban J connectivity index is 1.42. The standard InChI is InChI=1S/C20H24N2S/c1-22-13-15(14-23-20-8-4-5-9-21-20)10-18-11-16-6-2-3-7-17(16)12-19(18)22/h2-9,15,18-19H,10-14H2,1H3. The molecule has 2 aromatic rings. The zero-order valence-electron chi connectivity index (χ0n) is 13.7. The van der Waals surface area contributed by atoms with Crippen molar-refractivity contribution in [1.29, 1.82) is 0 Å². The van der Waals surface area contributed by atoms with Crippen LogP contribution in [0.1, 0.15) is 17.5 Å². The molecule has 3 heteroatoms. The average molecular weight is 324 g/mol. The van der Waals surface area contributed by atoms with Gasteiger partial charge in [0.25, 0.3) is 0 Å². The number of fused-ring (bicyclic) bond motifs is 2. The van der Waals surface area contributed by atoms with Crippen LogP contribution in [0.3, 0.4) is 0 Å². The van der Waals surface area contributed by atoms with Crippen LogP contribution in [0.15, 0.2) is 53.7 Å². The summed E-state index contributed by atoms with van der Waals surface area (Å²) in [6, 6.07) is 16.0. The van der Waals surface area contributed by atoms with Gasteiger partial charge in [-0.05, 0) is 61.4 Å². The first-order chi connectivity index (χ1) is 11.3. The molecule has 23 heavy (non-hydrogen) atoms. The van der Waals surface area contributed by atoms with Crippen LogP contribution in [0.2, 0.25) is 0 Å². The molecule has 1 aromatic heterocycles. The van der Waals surface area contributed by atoms with E-state index in [9.17, 15) is 0 Å². The molecule has 4 rings (SSSR count). The predicted molar refractivity (Wildman–Crippen MR) is 96.8 cm³/mol. The van der Waals surface area contributed by atoms with Crippen LogP contribution < -0.4 is 0 Å². The Kier molecular flexibility index (Phi) is 4.41. The lowest BCUT2D eigenvalue weighted by Crippen LogP contribution is -2.50. The van der Waals surface area contributed by atoms with Gasteiger partial charge in [-0.25, -0.2) is 4.98 Å². The molecule has 1 aromatic carbocycles. The van der Waals surface area contributed by atoms with E-state index in [-0.39, 0.29) is 0 Å². The third-order valence-corrected chi connectivity index (χ3v) is 6.60. The number of piperidine rings is 1. The summed E-state index contributed by atoms with van der Waals surface area (Å²) in [4.78, 5) is 7.06. The molecule has 0 bridgehead atoms. The molecule has 2 aliphatic rings. The van der Waals surface area contributed by atoms with Crippen LogP contribution in [0.4, 0.5) is 0 Å². The van der Waals surface area contributed by atoms with Crippen molar-refractivity contribution in [2.75, 3.05) is 19.3 Å². The molecule has 2 heterocycles. The number of aromatic nitrogens is 1. The molecule has 1 aliphatic heterocycles. The maximum Gasteiger partial charge on any atom is 0.0959 e. The Morgan fingerprint density at radius 2 is 1.87 bits per heavy atom.